The van der Waals surface area contributed by atoms with Gasteiger partial charge < -0.3 is 15.4 Å². The molecule has 2 N–H and O–H groups in total. The number of anilines is 1. The smallest absolute Gasteiger partial charge is 0.338 e. The summed E-state index contributed by atoms with van der Waals surface area (Å²) in [5, 5.41) is 7.91. The zero-order valence-electron chi connectivity index (χ0n) is 20.1. The minimum absolute atomic E-state index is 0.215. The number of amides is 3. The Kier molecular flexibility index (Phi) is 7.15. The van der Waals surface area contributed by atoms with E-state index in [-0.39, 0.29) is 18.5 Å². The van der Waals surface area contributed by atoms with Gasteiger partial charge in [-0.1, -0.05) is 49.4 Å². The SMILES string of the molecule is CCCN1C(=O)N[C@@H](c2ccc(NC(=O)c3ccc4ccccc4c3)cc2)C(C(=O)OCC)=C1C. The first-order valence-electron chi connectivity index (χ1n) is 11.8. The van der Waals surface area contributed by atoms with Crippen molar-refractivity contribution in [1.82, 2.24) is 10.2 Å². The fourth-order valence-corrected chi connectivity index (χ4v) is 4.29. The average molecular weight is 472 g/mol. The van der Waals surface area contributed by atoms with Gasteiger partial charge in [-0.15, -0.1) is 0 Å². The maximum absolute atomic E-state index is 12.8. The van der Waals surface area contributed by atoms with Gasteiger partial charge in [0.2, 0.25) is 0 Å². The molecule has 0 unspecified atom stereocenters. The molecule has 1 heterocycles. The number of hydrogen-bond acceptors (Lipinski definition) is 4. The van der Waals surface area contributed by atoms with Gasteiger partial charge in [0.05, 0.1) is 18.2 Å². The van der Waals surface area contributed by atoms with Crippen molar-refractivity contribution < 1.29 is 19.1 Å². The highest BCUT2D eigenvalue weighted by Crippen LogP contribution is 2.32. The van der Waals surface area contributed by atoms with Crippen LogP contribution in [0.2, 0.25) is 0 Å². The molecule has 3 amide bonds. The van der Waals surface area contributed by atoms with Crippen LogP contribution in [0.3, 0.4) is 0 Å². The number of carbonyl (C=O) groups excluding carboxylic acids is 3. The van der Waals surface area contributed by atoms with Gasteiger partial charge in [-0.05, 0) is 60.9 Å². The highest BCUT2D eigenvalue weighted by atomic mass is 16.5. The predicted molar refractivity (Wildman–Crippen MR) is 136 cm³/mol. The first-order valence-corrected chi connectivity index (χ1v) is 11.8. The molecule has 3 aromatic carbocycles. The van der Waals surface area contributed by atoms with Gasteiger partial charge in [-0.3, -0.25) is 9.69 Å². The largest absolute Gasteiger partial charge is 0.463 e. The van der Waals surface area contributed by atoms with Crippen molar-refractivity contribution in [1.29, 1.82) is 0 Å². The summed E-state index contributed by atoms with van der Waals surface area (Å²) in [5.74, 6) is -0.669. The monoisotopic (exact) mass is 471 g/mol. The number of esters is 1. The minimum Gasteiger partial charge on any atom is -0.463 e. The lowest BCUT2D eigenvalue weighted by atomic mass is 9.94. The van der Waals surface area contributed by atoms with Crippen molar-refractivity contribution in [2.75, 3.05) is 18.5 Å². The van der Waals surface area contributed by atoms with Crippen LogP contribution < -0.4 is 10.6 Å². The third kappa shape index (κ3) is 5.04. The molecule has 3 aromatic rings. The van der Waals surface area contributed by atoms with E-state index in [1.54, 1.807) is 49.1 Å². The van der Waals surface area contributed by atoms with Gasteiger partial charge in [-0.25, -0.2) is 9.59 Å². The van der Waals surface area contributed by atoms with Crippen molar-refractivity contribution in [2.24, 2.45) is 0 Å². The second-order valence-corrected chi connectivity index (χ2v) is 8.39. The second kappa shape index (κ2) is 10.4. The summed E-state index contributed by atoms with van der Waals surface area (Å²) >= 11 is 0. The van der Waals surface area contributed by atoms with Crippen LogP contribution in [0.5, 0.6) is 0 Å². The van der Waals surface area contributed by atoms with Crippen LogP contribution in [-0.2, 0) is 9.53 Å². The molecular formula is C28H29N3O4. The van der Waals surface area contributed by atoms with Crippen molar-refractivity contribution >= 4 is 34.4 Å². The fourth-order valence-electron chi connectivity index (χ4n) is 4.29. The van der Waals surface area contributed by atoms with Crippen molar-refractivity contribution in [3.63, 3.8) is 0 Å². The molecule has 0 saturated carbocycles. The minimum atomic E-state index is -0.639. The third-order valence-electron chi connectivity index (χ3n) is 6.05. The van der Waals surface area contributed by atoms with Gasteiger partial charge >= 0.3 is 12.0 Å². The van der Waals surface area contributed by atoms with Gasteiger partial charge in [0.1, 0.15) is 0 Å². The molecule has 7 nitrogen and oxygen atoms in total. The molecule has 1 aliphatic heterocycles. The summed E-state index contributed by atoms with van der Waals surface area (Å²) in [5.41, 5.74) is 2.90. The Balaban J connectivity index is 1.57. The highest BCUT2D eigenvalue weighted by Gasteiger charge is 2.36. The Labute approximate surface area is 204 Å². The Morgan fingerprint density at radius 2 is 1.71 bits per heavy atom. The number of allylic oxidation sites excluding steroid dienone is 1. The molecular weight excluding hydrogens is 442 g/mol. The zero-order valence-corrected chi connectivity index (χ0v) is 20.1. The summed E-state index contributed by atoms with van der Waals surface area (Å²) in [4.78, 5) is 39.9. The Hall–Kier alpha value is -4.13. The summed E-state index contributed by atoms with van der Waals surface area (Å²) in [6.45, 7) is 6.24. The zero-order chi connectivity index (χ0) is 24.9. The maximum Gasteiger partial charge on any atom is 0.338 e. The van der Waals surface area contributed by atoms with E-state index >= 15 is 0 Å². The molecule has 0 aromatic heterocycles. The first kappa shape index (κ1) is 24.0. The summed E-state index contributed by atoms with van der Waals surface area (Å²) in [6.07, 6.45) is 0.761. The van der Waals surface area contributed by atoms with E-state index in [0.29, 0.717) is 29.1 Å². The van der Waals surface area contributed by atoms with Crippen LogP contribution in [-0.4, -0.2) is 36.0 Å². The van der Waals surface area contributed by atoms with Crippen molar-refractivity contribution in [3.05, 3.63) is 89.1 Å². The van der Waals surface area contributed by atoms with E-state index in [1.807, 2.05) is 43.3 Å². The van der Waals surface area contributed by atoms with Crippen LogP contribution in [0.4, 0.5) is 10.5 Å². The van der Waals surface area contributed by atoms with Crippen LogP contribution in [0.25, 0.3) is 10.8 Å². The predicted octanol–water partition coefficient (Wildman–Crippen LogP) is 5.41. The van der Waals surface area contributed by atoms with E-state index in [0.717, 1.165) is 22.8 Å². The number of nitrogens with one attached hydrogen (secondary N) is 2. The molecule has 0 aliphatic carbocycles. The van der Waals surface area contributed by atoms with Crippen LogP contribution >= 0.6 is 0 Å². The van der Waals surface area contributed by atoms with E-state index in [1.165, 1.54) is 0 Å². The summed E-state index contributed by atoms with van der Waals surface area (Å²) in [7, 11) is 0. The number of fused-ring (bicyclic) bond motifs is 1. The summed E-state index contributed by atoms with van der Waals surface area (Å²) < 4.78 is 5.29. The van der Waals surface area contributed by atoms with E-state index in [9.17, 15) is 14.4 Å². The normalized spacial score (nSPS) is 15.7. The van der Waals surface area contributed by atoms with Crippen LogP contribution in [0.1, 0.15) is 49.2 Å². The number of hydrogen-bond donors (Lipinski definition) is 2. The number of benzene rings is 3. The van der Waals surface area contributed by atoms with Crippen LogP contribution in [0.15, 0.2) is 78.0 Å². The third-order valence-corrected chi connectivity index (χ3v) is 6.05. The van der Waals surface area contributed by atoms with Gasteiger partial charge in [-0.2, -0.15) is 0 Å². The number of nitrogens with zero attached hydrogens (tertiary/aromatic N) is 1. The topological polar surface area (TPSA) is 87.7 Å². The number of rotatable bonds is 7. The molecule has 180 valence electrons. The fraction of sp³-hybridized carbons (Fsp3) is 0.250. The molecule has 0 fully saturated rings. The number of carbonyl (C=O) groups is 3. The molecule has 0 saturated heterocycles. The molecule has 1 aliphatic rings. The number of urea groups is 1. The van der Waals surface area contributed by atoms with E-state index in [2.05, 4.69) is 10.6 Å². The van der Waals surface area contributed by atoms with Gasteiger partial charge in [0, 0.05) is 23.5 Å². The van der Waals surface area contributed by atoms with Crippen molar-refractivity contribution in [3.8, 4) is 0 Å². The lowest BCUT2D eigenvalue weighted by molar-refractivity contribution is -0.139. The molecule has 4 rings (SSSR count). The van der Waals surface area contributed by atoms with Gasteiger partial charge in [0.25, 0.3) is 5.91 Å². The van der Waals surface area contributed by atoms with E-state index < -0.39 is 12.0 Å². The molecule has 35 heavy (non-hydrogen) atoms. The van der Waals surface area contributed by atoms with Crippen LogP contribution in [0, 0.1) is 0 Å². The standard InChI is InChI=1S/C28H29N3O4/c1-4-16-31-18(3)24(27(33)35-5-2)25(30-28(31)34)20-12-14-23(15-13-20)29-26(32)22-11-10-19-8-6-7-9-21(19)17-22/h6-15,17,25H,4-5,16H2,1-3H3,(H,29,32)(H,30,34)/t25-/m0/s1. The Bertz CT molecular complexity index is 1300. The maximum atomic E-state index is 12.8. The Morgan fingerprint density at radius 1 is 1.00 bits per heavy atom. The molecule has 0 bridgehead atoms. The summed E-state index contributed by atoms with van der Waals surface area (Å²) in [6, 6.07) is 19.7. The second-order valence-electron chi connectivity index (χ2n) is 8.39. The quantitative estimate of drug-likeness (QED) is 0.451. The average Bonchev–Trinajstić information content (AvgIpc) is 2.86. The van der Waals surface area contributed by atoms with Gasteiger partial charge in [0.15, 0.2) is 0 Å². The van der Waals surface area contributed by atoms with E-state index in [4.69, 9.17) is 4.74 Å². The molecule has 0 radical (unpaired) electrons. The first-order chi connectivity index (χ1) is 16.9. The number of ether oxygens (including phenoxy) is 1. The molecule has 1 atom stereocenters. The Morgan fingerprint density at radius 3 is 2.40 bits per heavy atom. The molecule has 7 heteroatoms. The lowest BCUT2D eigenvalue weighted by Crippen LogP contribution is -2.48. The van der Waals surface area contributed by atoms with Crippen molar-refractivity contribution in [2.45, 2.75) is 33.2 Å². The molecule has 0 spiro atoms. The highest BCUT2D eigenvalue weighted by molar-refractivity contribution is 6.06. The lowest BCUT2D eigenvalue weighted by Gasteiger charge is -2.35.